The summed E-state index contributed by atoms with van der Waals surface area (Å²) >= 11 is 1.64. The first kappa shape index (κ1) is 16.3. The number of carboxylic acids is 1. The third kappa shape index (κ3) is 3.76. The van der Waals surface area contributed by atoms with Crippen molar-refractivity contribution in [3.05, 3.63) is 29.6 Å². The average Bonchev–Trinajstić information content (AvgIpc) is 2.53. The molecule has 2 heterocycles. The zero-order valence-corrected chi connectivity index (χ0v) is 12.9. The van der Waals surface area contributed by atoms with Gasteiger partial charge in [0.2, 0.25) is 0 Å². The van der Waals surface area contributed by atoms with Crippen LogP contribution in [0.5, 0.6) is 0 Å². The lowest BCUT2D eigenvalue weighted by Crippen LogP contribution is -2.47. The van der Waals surface area contributed by atoms with E-state index in [0.717, 1.165) is 5.75 Å². The van der Waals surface area contributed by atoms with E-state index in [2.05, 4.69) is 10.3 Å². The van der Waals surface area contributed by atoms with Crippen molar-refractivity contribution in [1.29, 1.82) is 0 Å². The summed E-state index contributed by atoms with van der Waals surface area (Å²) < 4.78 is 0. The average molecular weight is 323 g/mol. The van der Waals surface area contributed by atoms with Gasteiger partial charge < -0.3 is 15.3 Å². The molecule has 2 rings (SSSR count). The van der Waals surface area contributed by atoms with Crippen LogP contribution in [0.1, 0.15) is 27.3 Å². The lowest BCUT2D eigenvalue weighted by Gasteiger charge is -2.34. The molecule has 0 aliphatic carbocycles. The van der Waals surface area contributed by atoms with Gasteiger partial charge in [0.15, 0.2) is 0 Å². The maximum atomic E-state index is 12.5. The number of nitrogens with zero attached hydrogens (tertiary/aromatic N) is 2. The Morgan fingerprint density at radius 2 is 2.23 bits per heavy atom. The van der Waals surface area contributed by atoms with Crippen LogP contribution in [0.3, 0.4) is 0 Å². The van der Waals surface area contributed by atoms with Crippen molar-refractivity contribution in [2.45, 2.75) is 12.5 Å². The van der Waals surface area contributed by atoms with Gasteiger partial charge in [-0.2, -0.15) is 11.8 Å². The number of carbonyl (C=O) groups excluding carboxylic acids is 2. The molecule has 2 amide bonds. The van der Waals surface area contributed by atoms with Crippen LogP contribution < -0.4 is 5.32 Å². The maximum Gasteiger partial charge on any atom is 0.305 e. The van der Waals surface area contributed by atoms with E-state index < -0.39 is 5.97 Å². The van der Waals surface area contributed by atoms with Gasteiger partial charge in [-0.1, -0.05) is 0 Å². The molecule has 0 spiro atoms. The summed E-state index contributed by atoms with van der Waals surface area (Å²) in [7, 11) is 1.50. The van der Waals surface area contributed by atoms with Crippen molar-refractivity contribution < 1.29 is 19.5 Å². The number of aliphatic carboxylic acids is 1. The minimum atomic E-state index is -0.918. The Kier molecular flexibility index (Phi) is 5.37. The van der Waals surface area contributed by atoms with Gasteiger partial charge in [0.1, 0.15) is 5.69 Å². The smallest absolute Gasteiger partial charge is 0.305 e. The van der Waals surface area contributed by atoms with Crippen LogP contribution in [0.4, 0.5) is 0 Å². The van der Waals surface area contributed by atoms with Gasteiger partial charge in [-0.15, -0.1) is 0 Å². The number of rotatable bonds is 4. The van der Waals surface area contributed by atoms with Crippen LogP contribution in [0.25, 0.3) is 0 Å². The van der Waals surface area contributed by atoms with Crippen LogP contribution in [-0.2, 0) is 4.79 Å². The van der Waals surface area contributed by atoms with Crippen LogP contribution >= 0.6 is 11.8 Å². The lowest BCUT2D eigenvalue weighted by atomic mass is 10.1. The lowest BCUT2D eigenvalue weighted by molar-refractivity contribution is -0.138. The van der Waals surface area contributed by atoms with E-state index in [9.17, 15) is 14.4 Å². The van der Waals surface area contributed by atoms with E-state index in [-0.39, 0.29) is 30.0 Å². The molecule has 22 heavy (non-hydrogen) atoms. The number of hydrogen-bond acceptors (Lipinski definition) is 5. The minimum Gasteiger partial charge on any atom is -0.481 e. The Labute approximate surface area is 132 Å². The first-order valence-corrected chi connectivity index (χ1v) is 7.97. The summed E-state index contributed by atoms with van der Waals surface area (Å²) in [6, 6.07) is 2.71. The number of aromatic nitrogens is 1. The summed E-state index contributed by atoms with van der Waals surface area (Å²) in [6.45, 7) is 0.513. The molecule has 1 aromatic rings. The summed E-state index contributed by atoms with van der Waals surface area (Å²) in [5.41, 5.74) is 0.588. The Morgan fingerprint density at radius 3 is 2.82 bits per heavy atom. The van der Waals surface area contributed by atoms with Crippen LogP contribution in [0.2, 0.25) is 0 Å². The van der Waals surface area contributed by atoms with Crippen LogP contribution in [0.15, 0.2) is 18.3 Å². The molecule has 0 radical (unpaired) electrons. The molecule has 2 N–H and O–H groups in total. The Balaban J connectivity index is 2.14. The molecule has 1 aliphatic heterocycles. The van der Waals surface area contributed by atoms with Crippen molar-refractivity contribution in [2.24, 2.45) is 0 Å². The molecular formula is C14H17N3O4S. The van der Waals surface area contributed by atoms with Crippen molar-refractivity contribution in [2.75, 3.05) is 25.1 Å². The first-order valence-electron chi connectivity index (χ1n) is 6.81. The van der Waals surface area contributed by atoms with E-state index in [0.29, 0.717) is 17.9 Å². The molecule has 0 bridgehead atoms. The predicted octanol–water partition coefficient (Wildman–Crippen LogP) is 0.473. The molecule has 1 aromatic heterocycles. The number of hydrogen-bond donors (Lipinski definition) is 2. The Bertz CT molecular complexity index is 576. The number of amides is 2. The molecule has 1 saturated heterocycles. The normalized spacial score (nSPS) is 17.9. The molecule has 1 aliphatic rings. The molecule has 1 fully saturated rings. The van der Waals surface area contributed by atoms with Gasteiger partial charge in [0.25, 0.3) is 11.8 Å². The fraction of sp³-hybridized carbons (Fsp3) is 0.429. The SMILES string of the molecule is CNC(=O)c1ccc(C(=O)N2CCSCC2CC(=O)O)cn1. The van der Waals surface area contributed by atoms with Gasteiger partial charge in [-0.05, 0) is 12.1 Å². The summed E-state index contributed by atoms with van der Waals surface area (Å²) in [5, 5.41) is 11.4. The van der Waals surface area contributed by atoms with E-state index >= 15 is 0 Å². The third-order valence-electron chi connectivity index (χ3n) is 3.37. The highest BCUT2D eigenvalue weighted by atomic mass is 32.2. The highest BCUT2D eigenvalue weighted by Crippen LogP contribution is 2.21. The highest BCUT2D eigenvalue weighted by molar-refractivity contribution is 7.99. The van der Waals surface area contributed by atoms with Gasteiger partial charge in [0, 0.05) is 31.3 Å². The maximum absolute atomic E-state index is 12.5. The van der Waals surface area contributed by atoms with E-state index in [1.165, 1.54) is 19.3 Å². The predicted molar refractivity (Wildman–Crippen MR) is 82.0 cm³/mol. The Hall–Kier alpha value is -2.09. The zero-order valence-electron chi connectivity index (χ0n) is 12.1. The molecule has 1 atom stereocenters. The summed E-state index contributed by atoms with van der Waals surface area (Å²) in [4.78, 5) is 40.4. The Morgan fingerprint density at radius 1 is 1.45 bits per heavy atom. The number of pyridine rings is 1. The topological polar surface area (TPSA) is 99.6 Å². The fourth-order valence-electron chi connectivity index (χ4n) is 2.24. The van der Waals surface area contributed by atoms with Crippen molar-refractivity contribution in [3.8, 4) is 0 Å². The molecular weight excluding hydrogens is 306 g/mol. The second kappa shape index (κ2) is 7.26. The molecule has 7 nitrogen and oxygen atoms in total. The van der Waals surface area contributed by atoms with Gasteiger partial charge in [0.05, 0.1) is 18.0 Å². The monoisotopic (exact) mass is 323 g/mol. The van der Waals surface area contributed by atoms with Gasteiger partial charge >= 0.3 is 5.97 Å². The number of nitrogens with one attached hydrogen (secondary N) is 1. The number of thioether (sulfide) groups is 1. The second-order valence-electron chi connectivity index (χ2n) is 4.84. The van der Waals surface area contributed by atoms with Crippen molar-refractivity contribution in [1.82, 2.24) is 15.2 Å². The van der Waals surface area contributed by atoms with Crippen molar-refractivity contribution in [3.63, 3.8) is 0 Å². The van der Waals surface area contributed by atoms with E-state index in [1.807, 2.05) is 0 Å². The molecule has 1 unspecified atom stereocenters. The van der Waals surface area contributed by atoms with Gasteiger partial charge in [-0.25, -0.2) is 0 Å². The number of carbonyl (C=O) groups is 3. The second-order valence-corrected chi connectivity index (χ2v) is 5.99. The first-order chi connectivity index (χ1) is 10.5. The quantitative estimate of drug-likeness (QED) is 0.836. The molecule has 0 saturated carbocycles. The van der Waals surface area contributed by atoms with E-state index in [4.69, 9.17) is 5.11 Å². The third-order valence-corrected chi connectivity index (χ3v) is 4.46. The largest absolute Gasteiger partial charge is 0.481 e. The summed E-state index contributed by atoms with van der Waals surface area (Å²) in [5.74, 6) is -0.0917. The number of carboxylic acid groups (broad SMARTS) is 1. The van der Waals surface area contributed by atoms with Crippen LogP contribution in [-0.4, -0.2) is 63.9 Å². The highest BCUT2D eigenvalue weighted by Gasteiger charge is 2.29. The van der Waals surface area contributed by atoms with Crippen molar-refractivity contribution >= 4 is 29.5 Å². The van der Waals surface area contributed by atoms with E-state index in [1.54, 1.807) is 22.7 Å². The molecule has 0 aromatic carbocycles. The minimum absolute atomic E-state index is 0.0670. The standard InChI is InChI=1S/C14H17N3O4S/c1-15-13(20)11-3-2-9(7-16-11)14(21)17-4-5-22-8-10(17)6-12(18)19/h2-3,7,10H,4-6,8H2,1H3,(H,15,20)(H,18,19). The zero-order chi connectivity index (χ0) is 16.1. The fourth-order valence-corrected chi connectivity index (χ4v) is 3.30. The summed E-state index contributed by atoms with van der Waals surface area (Å²) in [6.07, 6.45) is 1.29. The van der Waals surface area contributed by atoms with Gasteiger partial charge in [-0.3, -0.25) is 19.4 Å². The van der Waals surface area contributed by atoms with Crippen LogP contribution in [0, 0.1) is 0 Å². The molecule has 8 heteroatoms. The molecule has 118 valence electrons.